The molecule has 6 nitrogen and oxygen atoms in total. The average Bonchev–Trinajstić information content (AvgIpc) is 3.45. The lowest BCUT2D eigenvalue weighted by Gasteiger charge is -2.13. The number of hydrogen-bond acceptors (Lipinski definition) is 4. The minimum absolute atomic E-state index is 0.00333. The summed E-state index contributed by atoms with van der Waals surface area (Å²) in [6, 6.07) is 17.8. The molecule has 0 spiro atoms. The molecule has 154 valence electrons. The highest BCUT2D eigenvalue weighted by molar-refractivity contribution is 5.87. The van der Waals surface area contributed by atoms with Gasteiger partial charge in [0.05, 0.1) is 17.5 Å². The van der Waals surface area contributed by atoms with E-state index < -0.39 is 0 Å². The van der Waals surface area contributed by atoms with Crippen LogP contribution in [0, 0.1) is 0 Å². The van der Waals surface area contributed by atoms with E-state index in [0.29, 0.717) is 18.3 Å². The Kier molecular flexibility index (Phi) is 4.96. The predicted molar refractivity (Wildman–Crippen MR) is 119 cm³/mol. The number of benzene rings is 1. The number of pyridine rings is 1. The van der Waals surface area contributed by atoms with Crippen LogP contribution in [0.5, 0.6) is 11.6 Å². The van der Waals surface area contributed by atoms with Gasteiger partial charge in [0.25, 0.3) is 0 Å². The van der Waals surface area contributed by atoms with Gasteiger partial charge in [-0.3, -0.25) is 4.79 Å². The van der Waals surface area contributed by atoms with Crippen LogP contribution in [-0.4, -0.2) is 38.3 Å². The van der Waals surface area contributed by atoms with E-state index in [1.807, 2.05) is 66.0 Å². The molecule has 3 aromatic heterocycles. The molecule has 1 aliphatic rings. The normalized spacial score (nSPS) is 15.9. The molecule has 0 aliphatic carbocycles. The van der Waals surface area contributed by atoms with Gasteiger partial charge in [-0.1, -0.05) is 12.6 Å². The van der Waals surface area contributed by atoms with E-state index in [1.165, 1.54) is 11.6 Å². The van der Waals surface area contributed by atoms with Crippen molar-refractivity contribution < 1.29 is 9.53 Å². The zero-order valence-corrected chi connectivity index (χ0v) is 17.0. The maximum absolute atomic E-state index is 12.0. The highest BCUT2D eigenvalue weighted by Crippen LogP contribution is 2.36. The number of ether oxygens (including phenoxy) is 1. The van der Waals surface area contributed by atoms with Gasteiger partial charge in [-0.05, 0) is 66.1 Å². The molecule has 1 amide bonds. The lowest BCUT2D eigenvalue weighted by molar-refractivity contribution is -0.125. The van der Waals surface area contributed by atoms with Crippen LogP contribution in [0.2, 0.25) is 0 Å². The van der Waals surface area contributed by atoms with Gasteiger partial charge in [-0.15, -0.1) is 0 Å². The molecule has 5 rings (SSSR count). The number of carbonyl (C=O) groups excluding carboxylic acids is 1. The van der Waals surface area contributed by atoms with Gasteiger partial charge in [-0.25, -0.2) is 9.97 Å². The van der Waals surface area contributed by atoms with E-state index in [0.717, 1.165) is 35.5 Å². The van der Waals surface area contributed by atoms with Crippen LogP contribution in [0.15, 0.2) is 86.0 Å². The molecule has 0 N–H and O–H groups in total. The van der Waals surface area contributed by atoms with Crippen LogP contribution in [0.4, 0.5) is 0 Å². The van der Waals surface area contributed by atoms with Gasteiger partial charge >= 0.3 is 0 Å². The molecule has 0 radical (unpaired) electrons. The summed E-state index contributed by atoms with van der Waals surface area (Å²) in [7, 11) is 0. The molecular weight excluding hydrogens is 388 g/mol. The molecule has 31 heavy (non-hydrogen) atoms. The maximum atomic E-state index is 12.0. The largest absolute Gasteiger partial charge is 0.439 e. The van der Waals surface area contributed by atoms with E-state index in [-0.39, 0.29) is 5.91 Å². The van der Waals surface area contributed by atoms with Crippen LogP contribution in [0.25, 0.3) is 16.8 Å². The highest BCUT2D eigenvalue weighted by Gasteiger charge is 2.28. The van der Waals surface area contributed by atoms with E-state index >= 15 is 0 Å². The minimum atomic E-state index is -0.00333. The Hall–Kier alpha value is -3.93. The second-order valence-corrected chi connectivity index (χ2v) is 7.59. The standard InChI is InChI=1S/C25H22N4O2/c1-2-25(30)28-14-11-19(16-28)21-15-23(29-17-26-13-10-22(21)29)18-6-8-20(9-7-18)31-24-5-3-4-12-27-24/h2-10,12-13,15,17,19H,1,11,14,16H2. The first-order valence-corrected chi connectivity index (χ1v) is 10.3. The van der Waals surface area contributed by atoms with Gasteiger partial charge in [-0.2, -0.15) is 0 Å². The highest BCUT2D eigenvalue weighted by atomic mass is 16.5. The van der Waals surface area contributed by atoms with Gasteiger partial charge in [0, 0.05) is 37.5 Å². The van der Waals surface area contributed by atoms with Crippen molar-refractivity contribution in [2.24, 2.45) is 0 Å². The summed E-state index contributed by atoms with van der Waals surface area (Å²) in [6.45, 7) is 5.08. The van der Waals surface area contributed by atoms with Crippen molar-refractivity contribution in [3.05, 3.63) is 91.5 Å². The van der Waals surface area contributed by atoms with Crippen molar-refractivity contribution in [2.75, 3.05) is 13.1 Å². The van der Waals surface area contributed by atoms with E-state index in [2.05, 4.69) is 27.0 Å². The third-order valence-electron chi connectivity index (χ3n) is 5.73. The summed E-state index contributed by atoms with van der Waals surface area (Å²) < 4.78 is 7.93. The SMILES string of the molecule is C=CC(=O)N1CCC(c2cc(-c3ccc(Oc4ccccn4)cc3)n3cnccc23)C1. The summed E-state index contributed by atoms with van der Waals surface area (Å²) in [5.74, 6) is 1.59. The summed E-state index contributed by atoms with van der Waals surface area (Å²) >= 11 is 0. The molecule has 1 aromatic carbocycles. The summed E-state index contributed by atoms with van der Waals surface area (Å²) in [4.78, 5) is 22.4. The number of aromatic nitrogens is 3. The molecule has 4 heterocycles. The Bertz CT molecular complexity index is 1230. The Balaban J connectivity index is 1.45. The number of nitrogens with zero attached hydrogens (tertiary/aromatic N) is 4. The second-order valence-electron chi connectivity index (χ2n) is 7.59. The maximum Gasteiger partial charge on any atom is 0.245 e. The van der Waals surface area contributed by atoms with Crippen LogP contribution in [0.1, 0.15) is 17.9 Å². The quantitative estimate of drug-likeness (QED) is 0.448. The van der Waals surface area contributed by atoms with Gasteiger partial charge < -0.3 is 14.0 Å². The molecule has 1 unspecified atom stereocenters. The predicted octanol–water partition coefficient (Wildman–Crippen LogP) is 4.69. The topological polar surface area (TPSA) is 59.7 Å². The average molecular weight is 410 g/mol. The Morgan fingerprint density at radius 1 is 1.13 bits per heavy atom. The van der Waals surface area contributed by atoms with Gasteiger partial charge in [0.15, 0.2) is 0 Å². The Labute approximate surface area is 180 Å². The lowest BCUT2D eigenvalue weighted by atomic mass is 9.99. The van der Waals surface area contributed by atoms with E-state index in [1.54, 1.807) is 6.20 Å². The summed E-state index contributed by atoms with van der Waals surface area (Å²) in [5.41, 5.74) is 4.50. The molecule has 4 aromatic rings. The Morgan fingerprint density at radius 2 is 2.00 bits per heavy atom. The van der Waals surface area contributed by atoms with Crippen molar-refractivity contribution in [2.45, 2.75) is 12.3 Å². The zero-order chi connectivity index (χ0) is 21.2. The smallest absolute Gasteiger partial charge is 0.245 e. The molecule has 1 aliphatic heterocycles. The third kappa shape index (κ3) is 3.68. The second kappa shape index (κ2) is 8.07. The number of rotatable bonds is 5. The van der Waals surface area contributed by atoms with Crippen molar-refractivity contribution in [3.63, 3.8) is 0 Å². The molecule has 1 fully saturated rings. The fraction of sp³-hybridized carbons (Fsp3) is 0.160. The zero-order valence-electron chi connectivity index (χ0n) is 17.0. The summed E-state index contributed by atoms with van der Waals surface area (Å²) in [5, 5.41) is 0. The van der Waals surface area contributed by atoms with Crippen LogP contribution in [0.3, 0.4) is 0 Å². The van der Waals surface area contributed by atoms with E-state index in [4.69, 9.17) is 4.74 Å². The number of carbonyl (C=O) groups is 1. The molecule has 1 atom stereocenters. The number of amides is 1. The molecule has 6 heteroatoms. The number of hydrogen-bond donors (Lipinski definition) is 0. The molecule has 1 saturated heterocycles. The van der Waals surface area contributed by atoms with Crippen molar-refractivity contribution in [1.29, 1.82) is 0 Å². The molecule has 0 bridgehead atoms. The van der Waals surface area contributed by atoms with E-state index in [9.17, 15) is 4.79 Å². The fourth-order valence-corrected chi connectivity index (χ4v) is 4.19. The monoisotopic (exact) mass is 410 g/mol. The lowest BCUT2D eigenvalue weighted by Crippen LogP contribution is -2.26. The first kappa shape index (κ1) is 19.1. The van der Waals surface area contributed by atoms with Gasteiger partial charge in [0.1, 0.15) is 5.75 Å². The van der Waals surface area contributed by atoms with Crippen LogP contribution >= 0.6 is 0 Å². The number of likely N-dealkylation sites (tertiary alicyclic amines) is 1. The van der Waals surface area contributed by atoms with Gasteiger partial charge in [0.2, 0.25) is 11.8 Å². The van der Waals surface area contributed by atoms with Crippen LogP contribution < -0.4 is 4.74 Å². The first-order valence-electron chi connectivity index (χ1n) is 10.3. The Morgan fingerprint density at radius 3 is 2.77 bits per heavy atom. The van der Waals surface area contributed by atoms with Crippen LogP contribution in [-0.2, 0) is 4.79 Å². The number of fused-ring (bicyclic) bond motifs is 1. The minimum Gasteiger partial charge on any atom is -0.439 e. The fourth-order valence-electron chi connectivity index (χ4n) is 4.19. The molecule has 0 saturated carbocycles. The first-order chi connectivity index (χ1) is 15.2. The molecular formula is C25H22N4O2. The van der Waals surface area contributed by atoms with Crippen molar-refractivity contribution in [3.8, 4) is 22.9 Å². The third-order valence-corrected chi connectivity index (χ3v) is 5.73. The summed E-state index contributed by atoms with van der Waals surface area (Å²) in [6.07, 6.45) is 7.70. The van der Waals surface area contributed by atoms with Crippen molar-refractivity contribution >= 4 is 11.4 Å². The van der Waals surface area contributed by atoms with Crippen molar-refractivity contribution in [1.82, 2.24) is 19.3 Å².